The van der Waals surface area contributed by atoms with Crippen LogP contribution in [0.2, 0.25) is 0 Å². The van der Waals surface area contributed by atoms with Gasteiger partial charge in [0.25, 0.3) is 11.7 Å². The van der Waals surface area contributed by atoms with Crippen molar-refractivity contribution in [1.29, 1.82) is 0 Å². The van der Waals surface area contributed by atoms with Crippen LogP contribution in [0.1, 0.15) is 30.0 Å². The molecule has 2 heterocycles. The molecule has 2 aliphatic heterocycles. The Morgan fingerprint density at radius 3 is 2.48 bits per heavy atom. The Bertz CT molecular complexity index is 930. The van der Waals surface area contributed by atoms with Crippen LogP contribution in [-0.4, -0.2) is 48.1 Å². The van der Waals surface area contributed by atoms with Crippen molar-refractivity contribution in [1.82, 2.24) is 4.90 Å². The van der Waals surface area contributed by atoms with E-state index in [1.54, 1.807) is 43.5 Å². The fraction of sp³-hybridized carbons (Fsp3) is 0.304. The van der Waals surface area contributed by atoms with Crippen molar-refractivity contribution in [2.75, 3.05) is 20.3 Å². The van der Waals surface area contributed by atoms with Gasteiger partial charge in [0.1, 0.15) is 11.5 Å². The van der Waals surface area contributed by atoms with Gasteiger partial charge in [-0.15, -0.1) is 0 Å². The van der Waals surface area contributed by atoms with Gasteiger partial charge < -0.3 is 19.5 Å². The minimum absolute atomic E-state index is 0.101. The molecule has 2 aliphatic rings. The predicted molar refractivity (Wildman–Crippen MR) is 107 cm³/mol. The normalized spacial score (nSPS) is 23.6. The smallest absolute Gasteiger partial charge is 0.295 e. The van der Waals surface area contributed by atoms with E-state index < -0.39 is 17.7 Å². The lowest BCUT2D eigenvalue weighted by Crippen LogP contribution is -2.36. The lowest BCUT2D eigenvalue weighted by molar-refractivity contribution is -0.140. The van der Waals surface area contributed by atoms with Gasteiger partial charge in [-0.05, 0) is 30.5 Å². The summed E-state index contributed by atoms with van der Waals surface area (Å²) in [5, 5.41) is 10.9. The number of carbonyl (C=O) groups excluding carboxylic acids is 2. The second kappa shape index (κ2) is 8.09. The Balaban J connectivity index is 1.80. The first kappa shape index (κ1) is 19.2. The summed E-state index contributed by atoms with van der Waals surface area (Å²) < 4.78 is 10.9. The van der Waals surface area contributed by atoms with Crippen LogP contribution >= 0.6 is 0 Å². The van der Waals surface area contributed by atoms with Crippen LogP contribution in [0.4, 0.5) is 0 Å². The maximum atomic E-state index is 12.9. The Morgan fingerprint density at radius 2 is 1.86 bits per heavy atom. The lowest BCUT2D eigenvalue weighted by atomic mass is 9.95. The Kier molecular flexibility index (Phi) is 5.36. The van der Waals surface area contributed by atoms with E-state index in [9.17, 15) is 14.7 Å². The van der Waals surface area contributed by atoms with Crippen LogP contribution in [-0.2, 0) is 14.3 Å². The third-order valence-electron chi connectivity index (χ3n) is 5.44. The van der Waals surface area contributed by atoms with E-state index in [0.29, 0.717) is 24.5 Å². The molecule has 150 valence electrons. The first-order chi connectivity index (χ1) is 14.1. The van der Waals surface area contributed by atoms with Crippen LogP contribution in [0.15, 0.2) is 60.2 Å². The largest absolute Gasteiger partial charge is 0.507 e. The molecule has 0 spiro atoms. The van der Waals surface area contributed by atoms with Gasteiger partial charge in [-0.25, -0.2) is 0 Å². The highest BCUT2D eigenvalue weighted by Crippen LogP contribution is 2.40. The molecule has 0 aliphatic carbocycles. The molecular weight excluding hydrogens is 370 g/mol. The molecule has 6 heteroatoms. The fourth-order valence-corrected chi connectivity index (χ4v) is 3.96. The van der Waals surface area contributed by atoms with E-state index in [2.05, 4.69) is 0 Å². The van der Waals surface area contributed by atoms with Crippen LogP contribution < -0.4 is 4.74 Å². The van der Waals surface area contributed by atoms with Crippen molar-refractivity contribution in [2.24, 2.45) is 0 Å². The monoisotopic (exact) mass is 393 g/mol. The van der Waals surface area contributed by atoms with E-state index in [1.807, 2.05) is 18.2 Å². The molecular formula is C23H23NO5. The number of Topliss-reactive ketones (excluding diaryl/α,β-unsaturated/α-hetero) is 1. The lowest BCUT2D eigenvalue weighted by Gasteiger charge is -2.27. The molecule has 0 bridgehead atoms. The standard InChI is InChI=1S/C23H23NO5/c1-28-17-11-9-15(10-12-17)20-19(21(25)16-6-3-2-4-7-16)22(26)23(27)24(20)14-18-8-5-13-29-18/h2-4,6-7,9-12,18,20,25H,5,8,13-14H2,1H3/t18-,20+/m0/s1. The van der Waals surface area contributed by atoms with E-state index >= 15 is 0 Å². The number of methoxy groups -OCH3 is 1. The number of aliphatic hydroxyl groups excluding tert-OH is 1. The van der Waals surface area contributed by atoms with Gasteiger partial charge in [0.05, 0.1) is 24.8 Å². The zero-order chi connectivity index (χ0) is 20.4. The number of ether oxygens (including phenoxy) is 2. The van der Waals surface area contributed by atoms with E-state index in [0.717, 1.165) is 18.4 Å². The number of hydrogen-bond donors (Lipinski definition) is 1. The zero-order valence-electron chi connectivity index (χ0n) is 16.2. The molecule has 0 radical (unpaired) electrons. The van der Waals surface area contributed by atoms with Crippen LogP contribution in [0, 0.1) is 0 Å². The number of ketones is 1. The highest BCUT2D eigenvalue weighted by molar-refractivity contribution is 6.46. The highest BCUT2D eigenvalue weighted by atomic mass is 16.5. The summed E-state index contributed by atoms with van der Waals surface area (Å²) in [5.41, 5.74) is 1.34. The average molecular weight is 393 g/mol. The summed E-state index contributed by atoms with van der Waals surface area (Å²) >= 11 is 0. The van der Waals surface area contributed by atoms with Crippen molar-refractivity contribution < 1.29 is 24.2 Å². The summed E-state index contributed by atoms with van der Waals surface area (Å²) in [6.45, 7) is 0.971. The Labute approximate surface area is 169 Å². The summed E-state index contributed by atoms with van der Waals surface area (Å²) in [7, 11) is 1.58. The van der Waals surface area contributed by atoms with Crippen LogP contribution in [0.3, 0.4) is 0 Å². The Hall–Kier alpha value is -3.12. The first-order valence-corrected chi connectivity index (χ1v) is 9.69. The summed E-state index contributed by atoms with van der Waals surface area (Å²) in [6, 6.07) is 15.3. The molecule has 0 unspecified atom stereocenters. The van der Waals surface area contributed by atoms with Gasteiger partial charge in [-0.3, -0.25) is 9.59 Å². The van der Waals surface area contributed by atoms with Crippen LogP contribution in [0.5, 0.6) is 5.75 Å². The molecule has 0 saturated carbocycles. The topological polar surface area (TPSA) is 76.1 Å². The minimum Gasteiger partial charge on any atom is -0.507 e. The molecule has 6 nitrogen and oxygen atoms in total. The summed E-state index contributed by atoms with van der Waals surface area (Å²) in [4.78, 5) is 27.4. The molecule has 1 amide bonds. The molecule has 2 fully saturated rings. The third-order valence-corrected chi connectivity index (χ3v) is 5.44. The average Bonchev–Trinajstić information content (AvgIpc) is 3.36. The van der Waals surface area contributed by atoms with E-state index in [4.69, 9.17) is 9.47 Å². The van der Waals surface area contributed by atoms with Crippen molar-refractivity contribution in [2.45, 2.75) is 25.0 Å². The number of amides is 1. The molecule has 1 N–H and O–H groups in total. The second-order valence-electron chi connectivity index (χ2n) is 7.23. The van der Waals surface area contributed by atoms with Gasteiger partial charge >= 0.3 is 0 Å². The molecule has 0 aromatic heterocycles. The number of hydrogen-bond acceptors (Lipinski definition) is 5. The first-order valence-electron chi connectivity index (χ1n) is 9.69. The van der Waals surface area contributed by atoms with Gasteiger partial charge in [0.2, 0.25) is 0 Å². The number of carbonyl (C=O) groups is 2. The molecule has 4 rings (SSSR count). The van der Waals surface area contributed by atoms with Crippen LogP contribution in [0.25, 0.3) is 5.76 Å². The van der Waals surface area contributed by atoms with Gasteiger partial charge in [-0.1, -0.05) is 42.5 Å². The van der Waals surface area contributed by atoms with E-state index in [1.165, 1.54) is 4.90 Å². The Morgan fingerprint density at radius 1 is 1.14 bits per heavy atom. The number of aliphatic hydroxyl groups is 1. The number of nitrogens with zero attached hydrogens (tertiary/aromatic N) is 1. The van der Waals surface area contributed by atoms with Crippen molar-refractivity contribution >= 4 is 17.4 Å². The molecule has 2 saturated heterocycles. The van der Waals surface area contributed by atoms with Crippen molar-refractivity contribution in [3.8, 4) is 5.75 Å². The number of likely N-dealkylation sites (tertiary alicyclic amines) is 1. The highest BCUT2D eigenvalue weighted by Gasteiger charge is 2.47. The molecule has 2 aromatic rings. The third kappa shape index (κ3) is 3.63. The van der Waals surface area contributed by atoms with Crippen molar-refractivity contribution in [3.63, 3.8) is 0 Å². The maximum absolute atomic E-state index is 12.9. The van der Waals surface area contributed by atoms with Crippen molar-refractivity contribution in [3.05, 3.63) is 71.3 Å². The fourth-order valence-electron chi connectivity index (χ4n) is 3.96. The number of benzene rings is 2. The molecule has 29 heavy (non-hydrogen) atoms. The molecule has 2 aromatic carbocycles. The van der Waals surface area contributed by atoms with Gasteiger partial charge in [0.15, 0.2) is 0 Å². The quantitative estimate of drug-likeness (QED) is 0.479. The number of rotatable bonds is 5. The minimum atomic E-state index is -0.676. The van der Waals surface area contributed by atoms with Gasteiger partial charge in [0, 0.05) is 18.7 Å². The maximum Gasteiger partial charge on any atom is 0.295 e. The summed E-state index contributed by atoms with van der Waals surface area (Å²) in [6.07, 6.45) is 1.67. The summed E-state index contributed by atoms with van der Waals surface area (Å²) in [5.74, 6) is -0.781. The zero-order valence-corrected chi connectivity index (χ0v) is 16.2. The van der Waals surface area contributed by atoms with E-state index in [-0.39, 0.29) is 17.4 Å². The molecule has 2 atom stereocenters. The second-order valence-corrected chi connectivity index (χ2v) is 7.23. The van der Waals surface area contributed by atoms with Gasteiger partial charge in [-0.2, -0.15) is 0 Å². The predicted octanol–water partition coefficient (Wildman–Crippen LogP) is 3.30. The SMILES string of the molecule is COc1ccc([C@@H]2C(=C(O)c3ccccc3)C(=O)C(=O)N2C[C@@H]2CCCO2)cc1.